The fraction of sp³-hybridized carbons (Fsp3) is 0.321. The van der Waals surface area contributed by atoms with Gasteiger partial charge in [0.1, 0.15) is 24.3 Å². The highest BCUT2D eigenvalue weighted by Crippen LogP contribution is 2.48. The van der Waals surface area contributed by atoms with Crippen molar-refractivity contribution >= 4 is 17.1 Å². The minimum atomic E-state index is 0.0174. The zero-order chi connectivity index (χ0) is 21.3. The summed E-state index contributed by atoms with van der Waals surface area (Å²) in [4.78, 5) is 2.34. The lowest BCUT2D eigenvalue weighted by Crippen LogP contribution is -2.27. The van der Waals surface area contributed by atoms with Crippen LogP contribution >= 0.6 is 0 Å². The number of hydrogen-bond donors (Lipinski definition) is 0. The van der Waals surface area contributed by atoms with Crippen molar-refractivity contribution in [2.24, 2.45) is 0 Å². The van der Waals surface area contributed by atoms with Crippen LogP contribution < -0.4 is 4.90 Å². The topological polar surface area (TPSA) is 6.25 Å². The standard InChI is InChI=1S/C28H30N2/c1-27(2)21-11-7-9-13-23(21)29(5)25(27)17-19-15-20(16-19)18-26-28(3,4)22-12-8-10-14-24(22)30(26)6/h7-14,17-18H,15H2,1-6H3/q+2. The first kappa shape index (κ1) is 19.0. The predicted molar refractivity (Wildman–Crippen MR) is 126 cm³/mol. The van der Waals surface area contributed by atoms with Gasteiger partial charge in [-0.2, -0.15) is 4.58 Å². The largest absolute Gasteiger partial charge is 0.336 e. The normalized spacial score (nSPS) is 23.3. The molecule has 3 aliphatic rings. The Balaban J connectivity index is 1.45. The van der Waals surface area contributed by atoms with Gasteiger partial charge in [-0.1, -0.05) is 36.4 Å². The molecule has 0 aromatic heterocycles. The average molecular weight is 395 g/mol. The molecule has 0 radical (unpaired) electrons. The molecule has 0 amide bonds. The number of benzene rings is 2. The Bertz CT molecular complexity index is 1180. The van der Waals surface area contributed by atoms with Crippen molar-refractivity contribution in [2.75, 3.05) is 19.0 Å². The zero-order valence-electron chi connectivity index (χ0n) is 18.9. The van der Waals surface area contributed by atoms with Gasteiger partial charge in [-0.15, -0.1) is 0 Å². The summed E-state index contributed by atoms with van der Waals surface area (Å²) in [5.74, 6) is 0. The maximum Gasteiger partial charge on any atom is 0.246 e. The highest BCUT2D eigenvalue weighted by molar-refractivity contribution is 6.03. The van der Waals surface area contributed by atoms with Crippen LogP contribution in [0.2, 0.25) is 0 Å². The quantitative estimate of drug-likeness (QED) is 0.443. The summed E-state index contributed by atoms with van der Waals surface area (Å²) < 4.78 is 2.34. The Hall–Kier alpha value is -2.96. The number of allylic oxidation sites excluding steroid dienone is 6. The summed E-state index contributed by atoms with van der Waals surface area (Å²) in [5.41, 5.74) is 10.7. The number of nitrogens with zero attached hydrogens (tertiary/aromatic N) is 2. The molecular formula is C28H30N2+2. The maximum atomic E-state index is 3.63. The van der Waals surface area contributed by atoms with Crippen LogP contribution in [0, 0.1) is 6.08 Å². The Morgan fingerprint density at radius 1 is 0.900 bits per heavy atom. The van der Waals surface area contributed by atoms with E-state index in [1.165, 1.54) is 45.1 Å². The van der Waals surface area contributed by atoms with Crippen molar-refractivity contribution < 1.29 is 4.58 Å². The van der Waals surface area contributed by atoms with Crippen LogP contribution in [-0.2, 0) is 10.8 Å². The molecule has 0 fully saturated rings. The summed E-state index contributed by atoms with van der Waals surface area (Å²) in [5, 5.41) is 0. The van der Waals surface area contributed by atoms with E-state index in [-0.39, 0.29) is 10.8 Å². The van der Waals surface area contributed by atoms with E-state index in [2.05, 4.69) is 118 Å². The van der Waals surface area contributed by atoms with Crippen molar-refractivity contribution in [3.8, 4) is 0 Å². The van der Waals surface area contributed by atoms with E-state index in [4.69, 9.17) is 0 Å². The third-order valence-corrected chi connectivity index (χ3v) is 7.20. The molecule has 5 rings (SSSR count). The van der Waals surface area contributed by atoms with Crippen LogP contribution in [0.5, 0.6) is 0 Å². The van der Waals surface area contributed by atoms with Crippen LogP contribution in [0.3, 0.4) is 0 Å². The summed E-state index contributed by atoms with van der Waals surface area (Å²) in [7, 11) is 4.36. The first-order valence-electron chi connectivity index (χ1n) is 10.8. The average Bonchev–Trinajstić information content (AvgIpc) is 3.01. The number of anilines is 1. The molecule has 0 unspecified atom stereocenters. The third-order valence-electron chi connectivity index (χ3n) is 7.20. The maximum absolute atomic E-state index is 3.63. The Labute approximate surface area is 180 Å². The van der Waals surface area contributed by atoms with Gasteiger partial charge >= 0.3 is 0 Å². The van der Waals surface area contributed by atoms with E-state index in [0.29, 0.717) is 0 Å². The third kappa shape index (κ3) is 2.57. The highest BCUT2D eigenvalue weighted by Gasteiger charge is 2.46. The first-order valence-corrected chi connectivity index (χ1v) is 10.8. The molecule has 0 saturated carbocycles. The van der Waals surface area contributed by atoms with Crippen molar-refractivity contribution in [3.63, 3.8) is 0 Å². The lowest BCUT2D eigenvalue weighted by Gasteiger charge is -2.22. The van der Waals surface area contributed by atoms with Gasteiger partial charge in [-0.05, 0) is 39.3 Å². The fourth-order valence-corrected chi connectivity index (χ4v) is 5.42. The molecule has 2 aliphatic heterocycles. The summed E-state index contributed by atoms with van der Waals surface area (Å²) in [6, 6.07) is 17.5. The molecule has 0 saturated heterocycles. The minimum Gasteiger partial charge on any atom is -0.336 e. The second-order valence-electron chi connectivity index (χ2n) is 9.81. The van der Waals surface area contributed by atoms with Gasteiger partial charge in [0, 0.05) is 35.9 Å². The van der Waals surface area contributed by atoms with Crippen molar-refractivity contribution in [3.05, 3.63) is 94.7 Å². The lowest BCUT2D eigenvalue weighted by molar-refractivity contribution is -0.401. The molecule has 150 valence electrons. The molecular weight excluding hydrogens is 364 g/mol. The Morgan fingerprint density at radius 3 is 2.20 bits per heavy atom. The molecule has 2 aromatic rings. The second kappa shape index (κ2) is 6.27. The second-order valence-corrected chi connectivity index (χ2v) is 9.81. The van der Waals surface area contributed by atoms with E-state index in [1.807, 2.05) is 0 Å². The van der Waals surface area contributed by atoms with Gasteiger partial charge in [0.05, 0.1) is 23.6 Å². The van der Waals surface area contributed by atoms with Gasteiger partial charge < -0.3 is 4.90 Å². The fourth-order valence-electron chi connectivity index (χ4n) is 5.42. The number of para-hydroxylation sites is 2. The van der Waals surface area contributed by atoms with Crippen molar-refractivity contribution in [1.82, 2.24) is 0 Å². The van der Waals surface area contributed by atoms with Gasteiger partial charge in [0.2, 0.25) is 11.4 Å². The molecule has 0 N–H and O–H groups in total. The van der Waals surface area contributed by atoms with Crippen LogP contribution in [0.1, 0.15) is 45.2 Å². The van der Waals surface area contributed by atoms with Crippen LogP contribution in [0.25, 0.3) is 0 Å². The number of fused-ring (bicyclic) bond motifs is 2. The van der Waals surface area contributed by atoms with Crippen molar-refractivity contribution in [2.45, 2.75) is 44.9 Å². The SMILES string of the molecule is CN1C(=CC2=[C+]C(=CC3=[N+](C)c4ccccc4C3(C)C)C2)C(C)(C)c2ccccc21. The molecule has 0 bridgehead atoms. The summed E-state index contributed by atoms with van der Waals surface area (Å²) in [6.07, 6.45) is 9.31. The smallest absolute Gasteiger partial charge is 0.246 e. The van der Waals surface area contributed by atoms with Gasteiger partial charge in [0.25, 0.3) is 0 Å². The molecule has 2 aromatic carbocycles. The molecule has 0 atom stereocenters. The molecule has 0 spiro atoms. The van der Waals surface area contributed by atoms with Crippen LogP contribution in [-0.4, -0.2) is 24.4 Å². The minimum absolute atomic E-state index is 0.0174. The number of likely N-dealkylation sites (N-methyl/N-ethyl adjacent to an activating group) is 1. The molecule has 1 aliphatic carbocycles. The summed E-state index contributed by atoms with van der Waals surface area (Å²) >= 11 is 0. The molecule has 2 heterocycles. The monoisotopic (exact) mass is 394 g/mol. The van der Waals surface area contributed by atoms with E-state index in [1.54, 1.807) is 0 Å². The number of rotatable bonds is 2. The summed E-state index contributed by atoms with van der Waals surface area (Å²) in [6.45, 7) is 9.28. The zero-order valence-corrected chi connectivity index (χ0v) is 18.9. The number of hydrogen-bond acceptors (Lipinski definition) is 1. The lowest BCUT2D eigenvalue weighted by atomic mass is 9.78. The Kier molecular flexibility index (Phi) is 3.98. The van der Waals surface area contributed by atoms with Gasteiger partial charge in [-0.25, -0.2) is 0 Å². The van der Waals surface area contributed by atoms with Gasteiger partial charge in [-0.3, -0.25) is 0 Å². The Morgan fingerprint density at radius 2 is 1.53 bits per heavy atom. The molecule has 2 nitrogen and oxygen atoms in total. The van der Waals surface area contributed by atoms with E-state index >= 15 is 0 Å². The van der Waals surface area contributed by atoms with E-state index < -0.39 is 0 Å². The molecule has 2 heteroatoms. The van der Waals surface area contributed by atoms with Crippen LogP contribution in [0.4, 0.5) is 11.4 Å². The van der Waals surface area contributed by atoms with Crippen molar-refractivity contribution in [1.29, 1.82) is 0 Å². The van der Waals surface area contributed by atoms with Gasteiger partial charge in [0.15, 0.2) is 0 Å². The first-order chi connectivity index (χ1) is 14.2. The highest BCUT2D eigenvalue weighted by atomic mass is 15.2. The van der Waals surface area contributed by atoms with Crippen LogP contribution in [0.15, 0.2) is 77.5 Å². The molecule has 30 heavy (non-hydrogen) atoms. The van der Waals surface area contributed by atoms with E-state index in [0.717, 1.165) is 6.42 Å². The predicted octanol–water partition coefficient (Wildman–Crippen LogP) is 6.06. The van der Waals surface area contributed by atoms with E-state index in [9.17, 15) is 0 Å².